The molecule has 0 aliphatic carbocycles. The van der Waals surface area contributed by atoms with Gasteiger partial charge in [0, 0.05) is 37.0 Å². The Morgan fingerprint density at radius 2 is 1.67 bits per heavy atom. The van der Waals surface area contributed by atoms with E-state index in [-0.39, 0.29) is 72.3 Å². The average Bonchev–Trinajstić information content (AvgIpc) is 3.10. The molecule has 0 saturated carbocycles. The van der Waals surface area contributed by atoms with E-state index < -0.39 is 41.7 Å². The number of nitrogens with one attached hydrogen (secondary N) is 1. The van der Waals surface area contributed by atoms with Crippen LogP contribution >= 0.6 is 11.6 Å². The number of carbonyl (C=O) groups is 4. The Bertz CT molecular complexity index is 1900. The van der Waals surface area contributed by atoms with Crippen LogP contribution in [0.5, 0.6) is 0 Å². The van der Waals surface area contributed by atoms with Crippen molar-refractivity contribution in [2.45, 2.75) is 37.4 Å². The molecule has 3 aromatic carbocycles. The summed E-state index contributed by atoms with van der Waals surface area (Å²) < 4.78 is 54.3. The smallest absolute Gasteiger partial charge is 0.471 e. The van der Waals surface area contributed by atoms with Crippen LogP contribution in [0.4, 0.5) is 28.9 Å². The van der Waals surface area contributed by atoms with Crippen molar-refractivity contribution in [3.8, 4) is 0 Å². The van der Waals surface area contributed by atoms with Crippen LogP contribution < -0.4 is 22.0 Å². The monoisotopic (exact) mass is 729 g/mol. The van der Waals surface area contributed by atoms with Crippen LogP contribution in [0, 0.1) is 5.82 Å². The SMILES string of the molecule is NN=CN(N)c1ccc(Cl)c(F)c1C=CC(=O)N1CCc2c(C3CCN(C(=O)C(F)(F)F)CC3)cccc2C1C(=O)Nc1ccc(C(=O)O)cc1. The van der Waals surface area contributed by atoms with Gasteiger partial charge in [0.05, 0.1) is 16.3 Å². The van der Waals surface area contributed by atoms with E-state index in [1.165, 1.54) is 41.3 Å². The molecule has 2 aliphatic rings. The maximum atomic E-state index is 15.2. The van der Waals surface area contributed by atoms with Crippen molar-refractivity contribution in [3.63, 3.8) is 0 Å². The van der Waals surface area contributed by atoms with Gasteiger partial charge in [0.25, 0.3) is 5.91 Å². The summed E-state index contributed by atoms with van der Waals surface area (Å²) in [7, 11) is 0. The fraction of sp³-hybridized carbons (Fsp3) is 0.265. The lowest BCUT2D eigenvalue weighted by molar-refractivity contribution is -0.186. The van der Waals surface area contributed by atoms with E-state index in [1.807, 2.05) is 6.07 Å². The van der Waals surface area contributed by atoms with Gasteiger partial charge in [-0.25, -0.2) is 15.0 Å². The van der Waals surface area contributed by atoms with Gasteiger partial charge in [-0.1, -0.05) is 29.8 Å². The van der Waals surface area contributed by atoms with Gasteiger partial charge in [0.1, 0.15) is 12.4 Å². The fourth-order valence-corrected chi connectivity index (χ4v) is 6.57. The molecule has 1 unspecified atom stereocenters. The fourth-order valence-electron chi connectivity index (χ4n) is 6.40. The van der Waals surface area contributed by atoms with Gasteiger partial charge in [-0.2, -0.15) is 18.3 Å². The molecule has 1 saturated heterocycles. The molecular formula is C34H32ClF4N7O5. The van der Waals surface area contributed by atoms with Crippen LogP contribution in [0.1, 0.15) is 57.4 Å². The van der Waals surface area contributed by atoms with E-state index in [2.05, 4.69) is 10.4 Å². The minimum atomic E-state index is -4.97. The number of nitrogens with two attached hydrogens (primary N) is 2. The van der Waals surface area contributed by atoms with Gasteiger partial charge in [-0.15, -0.1) is 0 Å². The summed E-state index contributed by atoms with van der Waals surface area (Å²) in [6.45, 7) is -0.169. The zero-order chi connectivity index (χ0) is 37.0. The number of aromatic carboxylic acids is 1. The van der Waals surface area contributed by atoms with Gasteiger partial charge in [0.2, 0.25) is 5.91 Å². The second kappa shape index (κ2) is 15.2. The number of hydrogen-bond donors (Lipinski definition) is 4. The molecule has 2 heterocycles. The molecule has 0 radical (unpaired) electrons. The molecule has 268 valence electrons. The van der Waals surface area contributed by atoms with Crippen LogP contribution in [0.25, 0.3) is 6.08 Å². The summed E-state index contributed by atoms with van der Waals surface area (Å²) >= 11 is 6.00. The van der Waals surface area contributed by atoms with Gasteiger partial charge in [-0.05, 0) is 84.3 Å². The summed E-state index contributed by atoms with van der Waals surface area (Å²) in [5.74, 6) is 5.65. The third-order valence-electron chi connectivity index (χ3n) is 8.82. The first kappa shape index (κ1) is 36.8. The number of piperidine rings is 1. The summed E-state index contributed by atoms with van der Waals surface area (Å²) in [6.07, 6.45) is -0.929. The Morgan fingerprint density at radius 1 is 1.00 bits per heavy atom. The van der Waals surface area contributed by atoms with Crippen LogP contribution in [-0.2, 0) is 20.8 Å². The van der Waals surface area contributed by atoms with Crippen molar-refractivity contribution in [2.75, 3.05) is 30.0 Å². The molecule has 3 amide bonds. The largest absolute Gasteiger partial charge is 0.478 e. The highest BCUT2D eigenvalue weighted by atomic mass is 35.5. The topological polar surface area (TPSA) is 175 Å². The lowest BCUT2D eigenvalue weighted by Crippen LogP contribution is -2.46. The number of halogens is 5. The number of rotatable bonds is 8. The second-order valence-corrected chi connectivity index (χ2v) is 12.2. The third-order valence-corrected chi connectivity index (χ3v) is 9.12. The number of hydrazine groups is 1. The Kier molecular flexibility index (Phi) is 11.0. The van der Waals surface area contributed by atoms with Crippen LogP contribution in [0.3, 0.4) is 0 Å². The third kappa shape index (κ3) is 7.97. The number of carbonyl (C=O) groups excluding carboxylic acids is 3. The highest BCUT2D eigenvalue weighted by molar-refractivity contribution is 6.31. The number of carboxylic acid groups (broad SMARTS) is 1. The van der Waals surface area contributed by atoms with Crippen LogP contribution in [0.15, 0.2) is 65.8 Å². The van der Waals surface area contributed by atoms with Gasteiger partial charge in [0.15, 0.2) is 5.82 Å². The standard InChI is InChI=1S/C34H32ClF4N7O5/c35-26-9-10-27(46(41)18-42-40)25(29(26)36)8-11-28(47)45-17-14-23-22(19-12-15-44(16-13-19)33(51)34(37,38)39)2-1-3-24(23)30(45)31(48)43-21-6-4-20(5-7-21)32(49)50/h1-11,18-19,30H,12-17,40-41H2,(H,43,48)(H,49,50). The van der Waals surface area contributed by atoms with Crippen LogP contribution in [-0.4, -0.2) is 70.7 Å². The first-order valence-electron chi connectivity index (χ1n) is 15.6. The number of hydrogen-bond acceptors (Lipinski definition) is 7. The maximum Gasteiger partial charge on any atom is 0.471 e. The molecule has 6 N–H and O–H groups in total. The predicted molar refractivity (Wildman–Crippen MR) is 181 cm³/mol. The molecule has 51 heavy (non-hydrogen) atoms. The Hall–Kier alpha value is -5.48. The summed E-state index contributed by atoms with van der Waals surface area (Å²) in [4.78, 5) is 53.1. The molecule has 0 spiro atoms. The number of alkyl halides is 3. The van der Waals surface area contributed by atoms with E-state index in [0.29, 0.717) is 5.56 Å². The quantitative estimate of drug-likeness (QED) is 0.0639. The molecule has 5 rings (SSSR count). The Labute approximate surface area is 293 Å². The molecular weight excluding hydrogens is 698 g/mol. The maximum absolute atomic E-state index is 15.2. The number of hydrazone groups is 1. The van der Waals surface area contributed by atoms with Gasteiger partial charge in [-0.3, -0.25) is 19.4 Å². The molecule has 0 bridgehead atoms. The van der Waals surface area contributed by atoms with Gasteiger partial charge < -0.3 is 26.1 Å². The zero-order valence-corrected chi connectivity index (χ0v) is 27.5. The minimum absolute atomic E-state index is 0.00743. The Balaban J connectivity index is 1.48. The number of likely N-dealkylation sites (tertiary alicyclic amines) is 1. The van der Waals surface area contributed by atoms with E-state index in [9.17, 15) is 37.5 Å². The van der Waals surface area contributed by atoms with Crippen molar-refractivity contribution in [1.29, 1.82) is 0 Å². The molecule has 0 aromatic heterocycles. The number of fused-ring (bicyclic) bond motifs is 1. The first-order chi connectivity index (χ1) is 24.2. The zero-order valence-electron chi connectivity index (χ0n) is 26.7. The number of benzene rings is 3. The highest BCUT2D eigenvalue weighted by Crippen LogP contribution is 2.39. The lowest BCUT2D eigenvalue weighted by atomic mass is 9.80. The van der Waals surface area contributed by atoms with E-state index in [0.717, 1.165) is 39.5 Å². The average molecular weight is 730 g/mol. The Morgan fingerprint density at radius 3 is 2.29 bits per heavy atom. The summed E-state index contributed by atoms with van der Waals surface area (Å²) in [5, 5.41) is 16.0. The van der Waals surface area contributed by atoms with Crippen molar-refractivity contribution in [3.05, 3.63) is 99.3 Å². The number of nitrogens with zero attached hydrogens (tertiary/aromatic N) is 4. The number of amides is 3. The summed E-state index contributed by atoms with van der Waals surface area (Å²) in [5.41, 5.74) is 2.18. The number of anilines is 2. The number of carboxylic acids is 1. The van der Waals surface area contributed by atoms with E-state index in [4.69, 9.17) is 23.3 Å². The summed E-state index contributed by atoms with van der Waals surface area (Å²) in [6, 6.07) is 12.0. The molecule has 2 aliphatic heterocycles. The first-order valence-corrected chi connectivity index (χ1v) is 15.9. The van der Waals surface area contributed by atoms with E-state index in [1.54, 1.807) is 12.1 Å². The normalized spacial score (nSPS) is 16.7. The highest BCUT2D eigenvalue weighted by Gasteiger charge is 2.44. The second-order valence-electron chi connectivity index (χ2n) is 11.8. The van der Waals surface area contributed by atoms with Crippen molar-refractivity contribution < 1.29 is 41.8 Å². The molecule has 17 heteroatoms. The van der Waals surface area contributed by atoms with Crippen molar-refractivity contribution >= 4 is 59.1 Å². The van der Waals surface area contributed by atoms with Crippen molar-refractivity contribution in [2.24, 2.45) is 16.8 Å². The minimum Gasteiger partial charge on any atom is -0.478 e. The van der Waals surface area contributed by atoms with E-state index >= 15 is 4.39 Å². The lowest BCUT2D eigenvalue weighted by Gasteiger charge is -2.39. The van der Waals surface area contributed by atoms with Crippen LogP contribution in [0.2, 0.25) is 5.02 Å². The van der Waals surface area contributed by atoms with Crippen molar-refractivity contribution in [1.82, 2.24) is 9.80 Å². The predicted octanol–water partition coefficient (Wildman–Crippen LogP) is 4.81. The molecule has 1 atom stereocenters. The molecule has 1 fully saturated rings. The molecule has 3 aromatic rings. The molecule has 12 nitrogen and oxygen atoms in total. The van der Waals surface area contributed by atoms with Gasteiger partial charge >= 0.3 is 18.1 Å².